The Kier molecular flexibility index (Phi) is 3.92. The summed E-state index contributed by atoms with van der Waals surface area (Å²) in [7, 11) is 0. The minimum atomic E-state index is -2.01. The van der Waals surface area contributed by atoms with E-state index < -0.39 is 28.8 Å². The van der Waals surface area contributed by atoms with Crippen LogP contribution in [0.4, 0.5) is 5.69 Å². The summed E-state index contributed by atoms with van der Waals surface area (Å²) in [5, 5.41) is 13.6. The first-order chi connectivity index (χ1) is 15.8. The molecular formula is C23H18N2O8. The maximum Gasteiger partial charge on any atom is 0.343 e. The Labute approximate surface area is 186 Å². The van der Waals surface area contributed by atoms with E-state index in [4.69, 9.17) is 14.2 Å². The van der Waals surface area contributed by atoms with E-state index in [9.17, 15) is 24.3 Å². The summed E-state index contributed by atoms with van der Waals surface area (Å²) in [4.78, 5) is 51.7. The Morgan fingerprint density at radius 2 is 1.79 bits per heavy atom. The van der Waals surface area contributed by atoms with Gasteiger partial charge in [-0.25, -0.2) is 4.79 Å². The lowest BCUT2D eigenvalue weighted by atomic mass is 9.86. The highest BCUT2D eigenvalue weighted by molar-refractivity contribution is 6.37. The van der Waals surface area contributed by atoms with Gasteiger partial charge >= 0.3 is 5.97 Å². The van der Waals surface area contributed by atoms with E-state index in [0.717, 1.165) is 0 Å². The number of fused-ring (bicyclic) bond motifs is 4. The van der Waals surface area contributed by atoms with Gasteiger partial charge in [0.1, 0.15) is 19.8 Å². The highest BCUT2D eigenvalue weighted by Crippen LogP contribution is 2.44. The fraction of sp³-hybridized carbons (Fsp3) is 0.304. The summed E-state index contributed by atoms with van der Waals surface area (Å²) in [6, 6.07) is 4.67. The molecule has 0 aliphatic carbocycles. The monoisotopic (exact) mass is 450 g/mol. The number of ether oxygens (including phenoxy) is 3. The van der Waals surface area contributed by atoms with E-state index in [1.54, 1.807) is 19.1 Å². The zero-order chi connectivity index (χ0) is 23.1. The predicted octanol–water partition coefficient (Wildman–Crippen LogP) is 0.876. The molecule has 2 aromatic rings. The molecule has 168 valence electrons. The number of ketones is 1. The number of cyclic esters (lactones) is 1. The number of pyridine rings is 1. The standard InChI is InChI=1S/C23H18N2O8/c1-2-23(30)13-6-15-19(26)11(8-25(15)21(28)12(13)9-33-22(23)29)18-10-5-16-17(32-4-3-31-16)7-14(10)24-20(18)27/h5-7,30H,2-4,8-9H2,1H3,(H,24,27)/b18-11+. The number of hydrogen-bond donors (Lipinski definition) is 2. The highest BCUT2D eigenvalue weighted by atomic mass is 16.6. The first-order valence-electron chi connectivity index (χ1n) is 10.5. The molecular weight excluding hydrogens is 432 g/mol. The largest absolute Gasteiger partial charge is 0.486 e. The number of carbonyl (C=O) groups excluding carboxylic acids is 3. The molecule has 1 atom stereocenters. The lowest BCUT2D eigenvalue weighted by Crippen LogP contribution is -2.44. The molecule has 0 saturated heterocycles. The van der Waals surface area contributed by atoms with Gasteiger partial charge in [0.2, 0.25) is 5.78 Å². The summed E-state index contributed by atoms with van der Waals surface area (Å²) in [5.41, 5.74) is -1.05. The Hall–Kier alpha value is -3.92. The number of anilines is 1. The van der Waals surface area contributed by atoms with Crippen molar-refractivity contribution in [1.29, 1.82) is 0 Å². The van der Waals surface area contributed by atoms with E-state index in [1.165, 1.54) is 10.6 Å². The number of carbonyl (C=O) groups is 3. The summed E-state index contributed by atoms with van der Waals surface area (Å²) >= 11 is 0. The van der Waals surface area contributed by atoms with Gasteiger partial charge in [0, 0.05) is 22.8 Å². The van der Waals surface area contributed by atoms with E-state index >= 15 is 0 Å². The van der Waals surface area contributed by atoms with Crippen molar-refractivity contribution in [2.75, 3.05) is 18.5 Å². The number of hydrogen-bond acceptors (Lipinski definition) is 8. The molecule has 10 nitrogen and oxygen atoms in total. The Morgan fingerprint density at radius 1 is 1.06 bits per heavy atom. The number of allylic oxidation sites excluding steroid dienone is 1. The Morgan fingerprint density at radius 3 is 2.52 bits per heavy atom. The van der Waals surface area contributed by atoms with E-state index in [2.05, 4.69) is 5.32 Å². The third-order valence-corrected chi connectivity index (χ3v) is 6.59. The predicted molar refractivity (Wildman–Crippen MR) is 112 cm³/mol. The van der Waals surface area contributed by atoms with Gasteiger partial charge in [-0.3, -0.25) is 14.4 Å². The number of esters is 1. The SMILES string of the molecule is CCC1(O)C(=O)OCc2c1cc1n(c2=O)C/C(=C2\C(=O)Nc3cc4c(cc32)OCCO4)C1=O. The quantitative estimate of drug-likeness (QED) is 0.483. The lowest BCUT2D eigenvalue weighted by molar-refractivity contribution is -0.172. The summed E-state index contributed by atoms with van der Waals surface area (Å²) < 4.78 is 17.5. The smallest absolute Gasteiger partial charge is 0.343 e. The fourth-order valence-corrected chi connectivity index (χ4v) is 4.83. The average molecular weight is 450 g/mol. The summed E-state index contributed by atoms with van der Waals surface area (Å²) in [5.74, 6) is -0.874. The molecule has 4 aliphatic rings. The molecule has 0 bridgehead atoms. The molecule has 10 heteroatoms. The van der Waals surface area contributed by atoms with Crippen LogP contribution in [0.3, 0.4) is 0 Å². The maximum atomic E-state index is 13.4. The molecule has 5 heterocycles. The second kappa shape index (κ2) is 6.55. The molecule has 33 heavy (non-hydrogen) atoms. The maximum absolute atomic E-state index is 13.4. The third kappa shape index (κ3) is 2.52. The van der Waals surface area contributed by atoms with E-state index in [1.807, 2.05) is 0 Å². The van der Waals surface area contributed by atoms with Crippen LogP contribution in [0, 0.1) is 0 Å². The number of aliphatic hydroxyl groups is 1. The molecule has 0 fully saturated rings. The van der Waals surface area contributed by atoms with Crippen molar-refractivity contribution in [3.05, 3.63) is 56.5 Å². The number of amides is 1. The van der Waals surface area contributed by atoms with Crippen LogP contribution in [0.2, 0.25) is 0 Å². The van der Waals surface area contributed by atoms with Crippen molar-refractivity contribution in [1.82, 2.24) is 4.57 Å². The zero-order valence-corrected chi connectivity index (χ0v) is 17.5. The van der Waals surface area contributed by atoms with Gasteiger partial charge in [-0.1, -0.05) is 6.92 Å². The van der Waals surface area contributed by atoms with Crippen molar-refractivity contribution in [2.24, 2.45) is 0 Å². The van der Waals surface area contributed by atoms with Crippen LogP contribution in [0.25, 0.3) is 5.57 Å². The van der Waals surface area contributed by atoms with Crippen molar-refractivity contribution >= 4 is 28.9 Å². The van der Waals surface area contributed by atoms with Crippen LogP contribution in [0.1, 0.15) is 40.5 Å². The van der Waals surface area contributed by atoms with Crippen LogP contribution >= 0.6 is 0 Å². The number of rotatable bonds is 1. The van der Waals surface area contributed by atoms with Crippen LogP contribution < -0.4 is 20.3 Å². The summed E-state index contributed by atoms with van der Waals surface area (Å²) in [6.45, 7) is 1.94. The first-order valence-corrected chi connectivity index (χ1v) is 10.5. The molecule has 1 amide bonds. The second-order valence-electron chi connectivity index (χ2n) is 8.28. The average Bonchev–Trinajstić information content (AvgIpc) is 3.30. The van der Waals surface area contributed by atoms with Crippen LogP contribution in [-0.2, 0) is 33.1 Å². The van der Waals surface area contributed by atoms with E-state index in [-0.39, 0.29) is 47.5 Å². The van der Waals surface area contributed by atoms with Gasteiger partial charge in [-0.05, 0) is 18.6 Å². The number of benzene rings is 1. The van der Waals surface area contributed by atoms with Gasteiger partial charge in [0.15, 0.2) is 17.1 Å². The molecule has 0 saturated carbocycles. The molecule has 2 N–H and O–H groups in total. The zero-order valence-electron chi connectivity index (χ0n) is 17.5. The number of aromatic nitrogens is 1. The minimum absolute atomic E-state index is 0.0154. The fourth-order valence-electron chi connectivity index (χ4n) is 4.83. The van der Waals surface area contributed by atoms with Crippen LogP contribution in [-0.4, -0.2) is 40.5 Å². The Balaban J connectivity index is 1.53. The number of nitrogens with one attached hydrogen (secondary N) is 1. The van der Waals surface area contributed by atoms with Crippen molar-refractivity contribution in [3.8, 4) is 11.5 Å². The molecule has 0 radical (unpaired) electrons. The van der Waals surface area contributed by atoms with Crippen LogP contribution in [0.15, 0.2) is 28.6 Å². The summed E-state index contributed by atoms with van der Waals surface area (Å²) in [6.07, 6.45) is -0.0210. The van der Waals surface area contributed by atoms with Crippen LogP contribution in [0.5, 0.6) is 11.5 Å². The molecule has 1 unspecified atom stereocenters. The molecule has 0 spiro atoms. The normalized spacial score (nSPS) is 24.7. The second-order valence-corrected chi connectivity index (χ2v) is 8.28. The van der Waals surface area contributed by atoms with Gasteiger partial charge in [-0.2, -0.15) is 0 Å². The van der Waals surface area contributed by atoms with Gasteiger partial charge in [0.25, 0.3) is 11.5 Å². The topological polar surface area (TPSA) is 133 Å². The lowest BCUT2D eigenvalue weighted by Gasteiger charge is -2.31. The van der Waals surface area contributed by atoms with Crippen molar-refractivity contribution in [3.63, 3.8) is 0 Å². The van der Waals surface area contributed by atoms with Gasteiger partial charge < -0.3 is 29.2 Å². The molecule has 1 aromatic heterocycles. The molecule has 6 rings (SSSR count). The van der Waals surface area contributed by atoms with Gasteiger partial charge in [0.05, 0.1) is 29.1 Å². The number of nitrogens with zero attached hydrogens (tertiary/aromatic N) is 1. The van der Waals surface area contributed by atoms with E-state index in [0.29, 0.717) is 36.0 Å². The minimum Gasteiger partial charge on any atom is -0.486 e. The highest BCUT2D eigenvalue weighted by Gasteiger charge is 2.46. The third-order valence-electron chi connectivity index (χ3n) is 6.59. The molecule has 4 aliphatic heterocycles. The van der Waals surface area contributed by atoms with Gasteiger partial charge in [-0.15, -0.1) is 0 Å². The number of Topliss-reactive ketones (excluding diaryl/α,β-unsaturated/α-hetero) is 1. The molecule has 1 aromatic carbocycles. The Bertz CT molecular complexity index is 1400. The first kappa shape index (κ1) is 19.7. The van der Waals surface area contributed by atoms with Crippen molar-refractivity contribution in [2.45, 2.75) is 32.1 Å². The van der Waals surface area contributed by atoms with Crippen molar-refractivity contribution < 1.29 is 33.7 Å².